The van der Waals surface area contributed by atoms with Gasteiger partial charge in [-0.1, -0.05) is 23.7 Å². The summed E-state index contributed by atoms with van der Waals surface area (Å²) in [5, 5.41) is 9.33. The second kappa shape index (κ2) is 4.08. The predicted octanol–water partition coefficient (Wildman–Crippen LogP) is 2.40. The number of nitriles is 1. The zero-order valence-corrected chi connectivity index (χ0v) is 7.75. The Labute approximate surface area is 82.2 Å². The van der Waals surface area contributed by atoms with E-state index in [1.165, 1.54) is 0 Å². The van der Waals surface area contributed by atoms with Crippen LogP contribution in [0.2, 0.25) is 5.02 Å². The van der Waals surface area contributed by atoms with Gasteiger partial charge in [0.15, 0.2) is 0 Å². The minimum Gasteiger partial charge on any atom is -0.321 e. The van der Waals surface area contributed by atoms with Gasteiger partial charge in [0.1, 0.15) is 0 Å². The lowest BCUT2D eigenvalue weighted by atomic mass is 10.0. The van der Waals surface area contributed by atoms with Gasteiger partial charge in [-0.25, -0.2) is 0 Å². The summed E-state index contributed by atoms with van der Waals surface area (Å²) >= 11 is 5.73. The highest BCUT2D eigenvalue weighted by molar-refractivity contribution is 6.30. The highest BCUT2D eigenvalue weighted by Gasteiger charge is 2.07. The van der Waals surface area contributed by atoms with Crippen LogP contribution in [0.25, 0.3) is 0 Å². The minimum atomic E-state index is -0.313. The molecule has 1 rings (SSSR count). The van der Waals surface area contributed by atoms with Gasteiger partial charge in [0.25, 0.3) is 0 Å². The SMILES string of the molecule is C=C[C@H](N)c1ccc(Cl)cc1C#N. The number of nitrogens with zero attached hydrogens (tertiary/aromatic N) is 1. The van der Waals surface area contributed by atoms with Crippen LogP contribution in [0.4, 0.5) is 0 Å². The van der Waals surface area contributed by atoms with Crippen molar-refractivity contribution < 1.29 is 0 Å². The number of hydrogen-bond acceptors (Lipinski definition) is 2. The van der Waals surface area contributed by atoms with Crippen molar-refractivity contribution in [3.8, 4) is 6.07 Å². The van der Waals surface area contributed by atoms with Crippen LogP contribution in [0.15, 0.2) is 30.9 Å². The van der Waals surface area contributed by atoms with Gasteiger partial charge in [-0.05, 0) is 17.7 Å². The molecule has 0 heterocycles. The Balaban J connectivity index is 3.22. The van der Waals surface area contributed by atoms with E-state index in [1.807, 2.05) is 6.07 Å². The van der Waals surface area contributed by atoms with Crippen LogP contribution in [-0.2, 0) is 0 Å². The monoisotopic (exact) mass is 192 g/mol. The van der Waals surface area contributed by atoms with E-state index in [1.54, 1.807) is 24.3 Å². The van der Waals surface area contributed by atoms with Crippen molar-refractivity contribution in [1.29, 1.82) is 5.26 Å². The number of benzene rings is 1. The lowest BCUT2D eigenvalue weighted by Gasteiger charge is -2.08. The Morgan fingerprint density at radius 1 is 1.62 bits per heavy atom. The van der Waals surface area contributed by atoms with E-state index in [0.29, 0.717) is 10.6 Å². The molecule has 1 aromatic rings. The molecule has 0 saturated heterocycles. The lowest BCUT2D eigenvalue weighted by molar-refractivity contribution is 0.910. The number of rotatable bonds is 2. The van der Waals surface area contributed by atoms with Crippen LogP contribution in [-0.4, -0.2) is 0 Å². The van der Waals surface area contributed by atoms with Crippen molar-refractivity contribution in [3.05, 3.63) is 47.0 Å². The van der Waals surface area contributed by atoms with Crippen LogP contribution >= 0.6 is 11.6 Å². The predicted molar refractivity (Wildman–Crippen MR) is 53.3 cm³/mol. The Morgan fingerprint density at radius 3 is 2.85 bits per heavy atom. The van der Waals surface area contributed by atoms with Crippen molar-refractivity contribution in [1.82, 2.24) is 0 Å². The first-order valence-electron chi connectivity index (χ1n) is 3.76. The molecule has 13 heavy (non-hydrogen) atoms. The summed E-state index contributed by atoms with van der Waals surface area (Å²) in [6.45, 7) is 3.57. The lowest BCUT2D eigenvalue weighted by Crippen LogP contribution is -2.08. The average Bonchev–Trinajstić information content (AvgIpc) is 2.16. The number of hydrogen-bond donors (Lipinski definition) is 1. The Hall–Kier alpha value is -1.30. The summed E-state index contributed by atoms with van der Waals surface area (Å²) in [4.78, 5) is 0. The molecule has 0 saturated carbocycles. The molecule has 3 heteroatoms. The molecular weight excluding hydrogens is 184 g/mol. The standard InChI is InChI=1S/C10H9ClN2/c1-2-10(13)9-4-3-8(11)5-7(9)6-12/h2-5,10H,1,13H2/t10-/m0/s1. The first-order valence-corrected chi connectivity index (χ1v) is 4.14. The second-order valence-electron chi connectivity index (χ2n) is 2.60. The third-order valence-electron chi connectivity index (χ3n) is 1.75. The van der Waals surface area contributed by atoms with Crippen LogP contribution in [0.3, 0.4) is 0 Å². The quantitative estimate of drug-likeness (QED) is 0.732. The van der Waals surface area contributed by atoms with Gasteiger partial charge in [0, 0.05) is 11.1 Å². The van der Waals surface area contributed by atoms with Gasteiger partial charge in [-0.3, -0.25) is 0 Å². The molecule has 0 aliphatic heterocycles. The van der Waals surface area contributed by atoms with Gasteiger partial charge in [-0.2, -0.15) is 5.26 Å². The summed E-state index contributed by atoms with van der Waals surface area (Å²) in [7, 11) is 0. The van der Waals surface area contributed by atoms with Crippen molar-refractivity contribution in [3.63, 3.8) is 0 Å². The molecule has 0 aliphatic rings. The molecule has 0 aliphatic carbocycles. The van der Waals surface area contributed by atoms with Crippen molar-refractivity contribution >= 4 is 11.6 Å². The van der Waals surface area contributed by atoms with E-state index in [2.05, 4.69) is 6.58 Å². The van der Waals surface area contributed by atoms with Crippen LogP contribution in [0.1, 0.15) is 17.2 Å². The number of halogens is 1. The molecule has 2 nitrogen and oxygen atoms in total. The third kappa shape index (κ3) is 2.09. The normalized spacial score (nSPS) is 11.8. The minimum absolute atomic E-state index is 0.313. The van der Waals surface area contributed by atoms with E-state index < -0.39 is 0 Å². The summed E-state index contributed by atoms with van der Waals surface area (Å²) in [6.07, 6.45) is 1.59. The second-order valence-corrected chi connectivity index (χ2v) is 3.04. The van der Waals surface area contributed by atoms with Gasteiger partial charge in [0.05, 0.1) is 11.6 Å². The maximum Gasteiger partial charge on any atom is 0.0995 e. The molecule has 0 fully saturated rings. The first-order chi connectivity index (χ1) is 6.19. The molecule has 0 bridgehead atoms. The van der Waals surface area contributed by atoms with Gasteiger partial charge in [-0.15, -0.1) is 6.58 Å². The highest BCUT2D eigenvalue weighted by atomic mass is 35.5. The van der Waals surface area contributed by atoms with Gasteiger partial charge in [0.2, 0.25) is 0 Å². The van der Waals surface area contributed by atoms with E-state index >= 15 is 0 Å². The van der Waals surface area contributed by atoms with Gasteiger partial charge < -0.3 is 5.73 Å². The average molecular weight is 193 g/mol. The van der Waals surface area contributed by atoms with Gasteiger partial charge >= 0.3 is 0 Å². The van der Waals surface area contributed by atoms with Crippen LogP contribution in [0.5, 0.6) is 0 Å². The molecule has 66 valence electrons. The Bertz CT molecular complexity index is 366. The summed E-state index contributed by atoms with van der Waals surface area (Å²) in [6, 6.07) is 6.78. The fourth-order valence-corrected chi connectivity index (χ4v) is 1.22. The van der Waals surface area contributed by atoms with Crippen molar-refractivity contribution in [2.24, 2.45) is 5.73 Å². The fourth-order valence-electron chi connectivity index (χ4n) is 1.04. The highest BCUT2D eigenvalue weighted by Crippen LogP contribution is 2.20. The van der Waals surface area contributed by atoms with E-state index in [4.69, 9.17) is 22.6 Å². The zero-order chi connectivity index (χ0) is 9.84. The molecule has 1 aromatic carbocycles. The topological polar surface area (TPSA) is 49.8 Å². The van der Waals surface area contributed by atoms with E-state index in [9.17, 15) is 0 Å². The maximum absolute atomic E-state index is 8.79. The van der Waals surface area contributed by atoms with E-state index in [0.717, 1.165) is 5.56 Å². The number of nitrogens with two attached hydrogens (primary N) is 1. The molecule has 0 spiro atoms. The Kier molecular flexibility index (Phi) is 3.07. The third-order valence-corrected chi connectivity index (χ3v) is 1.98. The summed E-state index contributed by atoms with van der Waals surface area (Å²) in [5.74, 6) is 0. The first kappa shape index (κ1) is 9.79. The fraction of sp³-hybridized carbons (Fsp3) is 0.100. The molecule has 0 unspecified atom stereocenters. The molecule has 0 aromatic heterocycles. The molecular formula is C10H9ClN2. The van der Waals surface area contributed by atoms with Crippen LogP contribution < -0.4 is 5.73 Å². The van der Waals surface area contributed by atoms with Crippen LogP contribution in [0, 0.1) is 11.3 Å². The Morgan fingerprint density at radius 2 is 2.31 bits per heavy atom. The zero-order valence-electron chi connectivity index (χ0n) is 7.00. The summed E-state index contributed by atoms with van der Waals surface area (Å²) < 4.78 is 0. The van der Waals surface area contributed by atoms with E-state index in [-0.39, 0.29) is 6.04 Å². The van der Waals surface area contributed by atoms with Crippen molar-refractivity contribution in [2.45, 2.75) is 6.04 Å². The molecule has 1 atom stereocenters. The molecule has 0 amide bonds. The van der Waals surface area contributed by atoms with Crippen molar-refractivity contribution in [2.75, 3.05) is 0 Å². The largest absolute Gasteiger partial charge is 0.321 e. The molecule has 0 radical (unpaired) electrons. The smallest absolute Gasteiger partial charge is 0.0995 e. The summed E-state index contributed by atoms with van der Waals surface area (Å²) in [5.41, 5.74) is 6.96. The molecule has 2 N–H and O–H groups in total. The maximum atomic E-state index is 8.79.